The van der Waals surface area contributed by atoms with Crippen LogP contribution in [-0.4, -0.2) is 49.6 Å². The van der Waals surface area contributed by atoms with E-state index in [0.717, 1.165) is 12.1 Å². The van der Waals surface area contributed by atoms with Crippen LogP contribution in [0.3, 0.4) is 0 Å². The predicted octanol–water partition coefficient (Wildman–Crippen LogP) is 1.37. The van der Waals surface area contributed by atoms with Crippen LogP contribution in [0.5, 0.6) is 0 Å². The molecule has 27 heavy (non-hydrogen) atoms. The quantitative estimate of drug-likeness (QED) is 0.819. The standard InChI is InChI=1S/C15H18F3N5O3S/c1-10-20-14(21-26-10)9-22-4-6-23(7-5-22)13-3-2-11(27(19,24)25)8-12(13)15(16,17)18/h2-3,8H,4-7,9H2,1H3,(H2,19,24,25). The summed E-state index contributed by atoms with van der Waals surface area (Å²) in [6.45, 7) is 3.81. The Morgan fingerprint density at radius 2 is 1.89 bits per heavy atom. The number of anilines is 1. The Morgan fingerprint density at radius 3 is 2.41 bits per heavy atom. The van der Waals surface area contributed by atoms with E-state index in [9.17, 15) is 21.6 Å². The van der Waals surface area contributed by atoms with Gasteiger partial charge in [-0.1, -0.05) is 5.16 Å². The molecule has 1 aliphatic rings. The van der Waals surface area contributed by atoms with Gasteiger partial charge < -0.3 is 9.42 Å². The normalized spacial score (nSPS) is 16.7. The van der Waals surface area contributed by atoms with Gasteiger partial charge in [-0.25, -0.2) is 13.6 Å². The van der Waals surface area contributed by atoms with Gasteiger partial charge in [-0.15, -0.1) is 0 Å². The van der Waals surface area contributed by atoms with Crippen molar-refractivity contribution >= 4 is 15.7 Å². The Balaban J connectivity index is 1.77. The fraction of sp³-hybridized carbons (Fsp3) is 0.467. The average molecular weight is 405 g/mol. The lowest BCUT2D eigenvalue weighted by atomic mass is 10.1. The lowest BCUT2D eigenvalue weighted by Gasteiger charge is -2.36. The Labute approximate surface area is 153 Å². The molecule has 0 radical (unpaired) electrons. The van der Waals surface area contributed by atoms with Crippen molar-refractivity contribution in [3.63, 3.8) is 0 Å². The third kappa shape index (κ3) is 4.57. The van der Waals surface area contributed by atoms with E-state index in [-0.39, 0.29) is 5.69 Å². The molecule has 0 unspecified atom stereocenters. The van der Waals surface area contributed by atoms with Crippen LogP contribution in [0.15, 0.2) is 27.6 Å². The topological polar surface area (TPSA) is 106 Å². The minimum atomic E-state index is -4.70. The van der Waals surface area contributed by atoms with Gasteiger partial charge in [-0.3, -0.25) is 4.90 Å². The number of halogens is 3. The van der Waals surface area contributed by atoms with Gasteiger partial charge >= 0.3 is 6.18 Å². The number of rotatable bonds is 4. The molecule has 2 aromatic rings. The molecular weight excluding hydrogens is 387 g/mol. The van der Waals surface area contributed by atoms with Crippen molar-refractivity contribution in [1.82, 2.24) is 15.0 Å². The zero-order valence-corrected chi connectivity index (χ0v) is 15.2. The number of alkyl halides is 3. The highest BCUT2D eigenvalue weighted by Gasteiger charge is 2.36. The Morgan fingerprint density at radius 1 is 1.22 bits per heavy atom. The first-order valence-electron chi connectivity index (χ1n) is 8.04. The molecule has 12 heteroatoms. The van der Waals surface area contributed by atoms with Crippen molar-refractivity contribution in [3.05, 3.63) is 35.5 Å². The molecule has 1 aromatic carbocycles. The van der Waals surface area contributed by atoms with Crippen molar-refractivity contribution in [2.75, 3.05) is 31.1 Å². The number of nitrogens with zero attached hydrogens (tertiary/aromatic N) is 4. The maximum absolute atomic E-state index is 13.4. The van der Waals surface area contributed by atoms with Crippen LogP contribution >= 0.6 is 0 Å². The molecule has 0 aliphatic carbocycles. The number of nitrogens with two attached hydrogens (primary N) is 1. The molecule has 0 amide bonds. The summed E-state index contributed by atoms with van der Waals surface area (Å²) in [4.78, 5) is 7.13. The van der Waals surface area contributed by atoms with Crippen molar-refractivity contribution < 1.29 is 26.1 Å². The number of piperazine rings is 1. The second-order valence-corrected chi connectivity index (χ2v) is 7.78. The first kappa shape index (κ1) is 19.6. The van der Waals surface area contributed by atoms with Gasteiger partial charge in [0.2, 0.25) is 15.9 Å². The van der Waals surface area contributed by atoms with Gasteiger partial charge in [0.25, 0.3) is 0 Å². The largest absolute Gasteiger partial charge is 0.418 e. The second kappa shape index (κ2) is 7.09. The van der Waals surface area contributed by atoms with E-state index in [1.54, 1.807) is 11.8 Å². The number of benzene rings is 1. The predicted molar refractivity (Wildman–Crippen MR) is 89.3 cm³/mol. The van der Waals surface area contributed by atoms with E-state index >= 15 is 0 Å². The molecule has 3 rings (SSSR count). The molecule has 0 saturated carbocycles. The molecule has 0 bridgehead atoms. The molecule has 2 heterocycles. The lowest BCUT2D eigenvalue weighted by molar-refractivity contribution is -0.137. The van der Waals surface area contributed by atoms with Gasteiger partial charge in [-0.05, 0) is 18.2 Å². The Hall–Kier alpha value is -2.18. The fourth-order valence-corrected chi connectivity index (χ4v) is 3.49. The highest BCUT2D eigenvalue weighted by atomic mass is 32.2. The highest BCUT2D eigenvalue weighted by Crippen LogP contribution is 2.38. The van der Waals surface area contributed by atoms with Crippen LogP contribution in [0.4, 0.5) is 18.9 Å². The third-order valence-corrected chi connectivity index (χ3v) is 5.16. The lowest BCUT2D eigenvalue weighted by Crippen LogP contribution is -2.46. The van der Waals surface area contributed by atoms with Crippen molar-refractivity contribution in [1.29, 1.82) is 0 Å². The maximum Gasteiger partial charge on any atom is 0.418 e. The van der Waals surface area contributed by atoms with Crippen molar-refractivity contribution in [2.45, 2.75) is 24.5 Å². The summed E-state index contributed by atoms with van der Waals surface area (Å²) in [5, 5.41) is 8.76. The third-order valence-electron chi connectivity index (χ3n) is 4.25. The molecule has 1 aromatic heterocycles. The molecule has 1 aliphatic heterocycles. The molecule has 1 saturated heterocycles. The van der Waals surface area contributed by atoms with Crippen molar-refractivity contribution in [2.24, 2.45) is 5.14 Å². The van der Waals surface area contributed by atoms with Crippen molar-refractivity contribution in [3.8, 4) is 0 Å². The van der Waals surface area contributed by atoms with E-state index in [0.29, 0.717) is 50.5 Å². The number of aromatic nitrogens is 2. The summed E-state index contributed by atoms with van der Waals surface area (Å²) in [5.41, 5.74) is -1.08. The zero-order chi connectivity index (χ0) is 19.8. The SMILES string of the molecule is Cc1nc(CN2CCN(c3ccc(S(N)(=O)=O)cc3C(F)(F)F)CC2)no1. The van der Waals surface area contributed by atoms with Crippen LogP contribution in [0.2, 0.25) is 0 Å². The smallest absolute Gasteiger partial charge is 0.368 e. The van der Waals surface area contributed by atoms with Gasteiger partial charge in [0, 0.05) is 38.8 Å². The number of aryl methyl sites for hydroxylation is 1. The molecule has 0 atom stereocenters. The van der Waals surface area contributed by atoms with Gasteiger partial charge in [0.15, 0.2) is 5.82 Å². The average Bonchev–Trinajstić information content (AvgIpc) is 2.98. The molecule has 0 spiro atoms. The number of sulfonamides is 1. The molecule has 2 N–H and O–H groups in total. The maximum atomic E-state index is 13.4. The summed E-state index contributed by atoms with van der Waals surface area (Å²) < 4.78 is 68.0. The summed E-state index contributed by atoms with van der Waals surface area (Å²) >= 11 is 0. The minimum absolute atomic E-state index is 0.0649. The van der Waals surface area contributed by atoms with E-state index in [1.807, 2.05) is 4.90 Å². The molecule has 8 nitrogen and oxygen atoms in total. The van der Waals surface area contributed by atoms with E-state index in [1.165, 1.54) is 0 Å². The molecule has 1 fully saturated rings. The van der Waals surface area contributed by atoms with Crippen LogP contribution in [-0.2, 0) is 22.7 Å². The second-order valence-electron chi connectivity index (χ2n) is 6.21. The van der Waals surface area contributed by atoms with Gasteiger partial charge in [0.05, 0.1) is 17.0 Å². The zero-order valence-electron chi connectivity index (χ0n) is 14.4. The van der Waals surface area contributed by atoms with E-state index in [4.69, 9.17) is 9.66 Å². The van der Waals surface area contributed by atoms with Crippen LogP contribution in [0.1, 0.15) is 17.3 Å². The number of hydrogen-bond acceptors (Lipinski definition) is 7. The van der Waals surface area contributed by atoms with Crippen LogP contribution in [0, 0.1) is 6.92 Å². The first-order chi connectivity index (χ1) is 12.5. The van der Waals surface area contributed by atoms with Gasteiger partial charge in [0.1, 0.15) is 0 Å². The summed E-state index contributed by atoms with van der Waals surface area (Å²) in [5.74, 6) is 0.975. The fourth-order valence-electron chi connectivity index (χ4n) is 2.95. The van der Waals surface area contributed by atoms with Crippen LogP contribution in [0.25, 0.3) is 0 Å². The Kier molecular flexibility index (Phi) is 5.14. The van der Waals surface area contributed by atoms with Gasteiger partial charge in [-0.2, -0.15) is 18.2 Å². The molecular formula is C15H18F3N5O3S. The summed E-state index contributed by atoms with van der Waals surface area (Å²) in [6, 6.07) is 2.83. The summed E-state index contributed by atoms with van der Waals surface area (Å²) in [7, 11) is -4.22. The highest BCUT2D eigenvalue weighted by molar-refractivity contribution is 7.89. The van der Waals surface area contributed by atoms with E-state index in [2.05, 4.69) is 10.1 Å². The Bertz CT molecular complexity index is 921. The van der Waals surface area contributed by atoms with Crippen LogP contribution < -0.4 is 10.0 Å². The van der Waals surface area contributed by atoms with E-state index < -0.39 is 26.7 Å². The molecule has 148 valence electrons. The summed E-state index contributed by atoms with van der Waals surface area (Å²) in [6.07, 6.45) is -4.70. The number of hydrogen-bond donors (Lipinski definition) is 1. The monoisotopic (exact) mass is 405 g/mol. The minimum Gasteiger partial charge on any atom is -0.368 e. The first-order valence-corrected chi connectivity index (χ1v) is 9.59. The number of primary sulfonamides is 1.